The summed E-state index contributed by atoms with van der Waals surface area (Å²) in [7, 11) is 0. The second-order valence-electron chi connectivity index (χ2n) is 11.8. The fourth-order valence-corrected chi connectivity index (χ4v) is 6.53. The van der Waals surface area contributed by atoms with Crippen molar-refractivity contribution in [2.45, 2.75) is 64.9 Å². The molecule has 0 spiro atoms. The van der Waals surface area contributed by atoms with Gasteiger partial charge in [-0.2, -0.15) is 0 Å². The molecule has 1 unspecified atom stereocenters. The van der Waals surface area contributed by atoms with Gasteiger partial charge in [0.15, 0.2) is 0 Å². The lowest BCUT2D eigenvalue weighted by atomic mass is 9.87. The maximum atomic E-state index is 6.64. The predicted octanol–water partition coefficient (Wildman–Crippen LogP) is 7.77. The summed E-state index contributed by atoms with van der Waals surface area (Å²) >= 11 is 0. The number of halogens is 3. The molecule has 0 aliphatic carbocycles. The second kappa shape index (κ2) is 15.5. The number of hydrogen-bond acceptors (Lipinski definition) is 4. The molecule has 0 saturated carbocycles. The van der Waals surface area contributed by atoms with E-state index in [9.17, 15) is 0 Å². The first kappa shape index (κ1) is 35.2. The number of benzene rings is 3. The number of nitrogen functional groups attached to an aromatic ring is 1. The van der Waals surface area contributed by atoms with Crippen molar-refractivity contribution in [2.75, 3.05) is 45.0 Å². The topological polar surface area (TPSA) is 41.7 Å². The molecule has 1 atom stereocenters. The Labute approximate surface area is 266 Å². The van der Waals surface area contributed by atoms with E-state index in [1.807, 2.05) is 0 Å². The Hall–Kier alpha value is -1.95. The first-order valence-electron chi connectivity index (χ1n) is 14.5. The third-order valence-electron chi connectivity index (χ3n) is 8.98. The number of unbranched alkanes of at least 4 members (excludes halogenated alkanes) is 1. The van der Waals surface area contributed by atoms with Crippen LogP contribution in [0.5, 0.6) is 5.75 Å². The minimum atomic E-state index is -0.176. The summed E-state index contributed by atoms with van der Waals surface area (Å²) < 4.78 is 6.64. The number of piperazine rings is 1. The molecule has 3 aromatic rings. The van der Waals surface area contributed by atoms with Gasteiger partial charge in [-0.15, -0.1) is 37.2 Å². The van der Waals surface area contributed by atoms with Crippen molar-refractivity contribution >= 4 is 42.9 Å². The number of rotatable bonds is 9. The highest BCUT2D eigenvalue weighted by Gasteiger charge is 2.39. The van der Waals surface area contributed by atoms with E-state index in [1.165, 1.54) is 53.6 Å². The Morgan fingerprint density at radius 3 is 1.85 bits per heavy atom. The van der Waals surface area contributed by atoms with Crippen LogP contribution < -0.4 is 10.5 Å². The molecular formula is C34H48Cl3N3O. The summed E-state index contributed by atoms with van der Waals surface area (Å²) in [5, 5.41) is 0. The highest BCUT2D eigenvalue weighted by atomic mass is 35.5. The average Bonchev–Trinajstić information content (AvgIpc) is 3.30. The van der Waals surface area contributed by atoms with Crippen LogP contribution in [0.3, 0.4) is 0 Å². The monoisotopic (exact) mass is 619 g/mol. The average molecular weight is 621 g/mol. The van der Waals surface area contributed by atoms with E-state index in [1.54, 1.807) is 0 Å². The van der Waals surface area contributed by atoms with Gasteiger partial charge in [-0.3, -0.25) is 4.90 Å². The van der Waals surface area contributed by atoms with Gasteiger partial charge in [0.1, 0.15) is 11.4 Å². The van der Waals surface area contributed by atoms with Gasteiger partial charge >= 0.3 is 0 Å². The molecule has 5 rings (SSSR count). The molecule has 2 heterocycles. The van der Waals surface area contributed by atoms with Crippen molar-refractivity contribution in [3.63, 3.8) is 0 Å². The molecule has 41 heavy (non-hydrogen) atoms. The zero-order valence-corrected chi connectivity index (χ0v) is 27.5. The van der Waals surface area contributed by atoms with Crippen LogP contribution in [-0.2, 0) is 6.42 Å². The molecule has 1 fully saturated rings. The van der Waals surface area contributed by atoms with Gasteiger partial charge in [0.05, 0.1) is 0 Å². The molecule has 0 aromatic heterocycles. The Morgan fingerprint density at radius 1 is 0.756 bits per heavy atom. The molecule has 2 aliphatic heterocycles. The van der Waals surface area contributed by atoms with E-state index in [-0.39, 0.29) is 42.8 Å². The van der Waals surface area contributed by atoms with Crippen LogP contribution in [0.1, 0.15) is 65.5 Å². The Balaban J connectivity index is 0.00000196. The zero-order valence-electron chi connectivity index (χ0n) is 25.0. The fraction of sp³-hybridized carbons (Fsp3) is 0.471. The summed E-state index contributed by atoms with van der Waals surface area (Å²) in [6.45, 7) is 15.4. The molecule has 7 heteroatoms. The van der Waals surface area contributed by atoms with Crippen LogP contribution in [0.4, 0.5) is 5.69 Å². The van der Waals surface area contributed by atoms with Gasteiger partial charge in [0.25, 0.3) is 0 Å². The van der Waals surface area contributed by atoms with E-state index < -0.39 is 0 Å². The van der Waals surface area contributed by atoms with Crippen molar-refractivity contribution in [2.24, 2.45) is 0 Å². The molecule has 3 aromatic carbocycles. The molecule has 2 N–H and O–H groups in total. The van der Waals surface area contributed by atoms with E-state index >= 15 is 0 Å². The summed E-state index contributed by atoms with van der Waals surface area (Å²) in [6, 6.07) is 22.0. The first-order valence-corrected chi connectivity index (χ1v) is 14.5. The molecule has 4 nitrogen and oxygen atoms in total. The molecule has 2 aliphatic rings. The Kier molecular flexibility index (Phi) is 13.3. The fourth-order valence-electron chi connectivity index (χ4n) is 6.53. The SMILES string of the molecule is Cc1c(C)c2c(c(C)c1N)CC(C)(CN1CCN(CCCCC(c3ccccc3)c3ccccc3)CC1)O2.Cl.Cl.Cl. The maximum Gasteiger partial charge on any atom is 0.127 e. The van der Waals surface area contributed by atoms with Crippen molar-refractivity contribution in [1.82, 2.24) is 9.80 Å². The van der Waals surface area contributed by atoms with Gasteiger partial charge in [0, 0.05) is 56.3 Å². The first-order chi connectivity index (χ1) is 18.3. The van der Waals surface area contributed by atoms with E-state index in [0.717, 1.165) is 56.1 Å². The number of hydrogen-bond donors (Lipinski definition) is 1. The lowest BCUT2D eigenvalue weighted by Gasteiger charge is -2.38. The number of fused-ring (bicyclic) bond motifs is 1. The Bertz CT molecular complexity index is 1150. The minimum Gasteiger partial charge on any atom is -0.485 e. The molecule has 226 valence electrons. The maximum absolute atomic E-state index is 6.64. The number of nitrogens with zero attached hydrogens (tertiary/aromatic N) is 2. The molecule has 1 saturated heterocycles. The van der Waals surface area contributed by atoms with Gasteiger partial charge in [-0.25, -0.2) is 0 Å². The normalized spacial score (nSPS) is 18.6. The van der Waals surface area contributed by atoms with E-state index in [2.05, 4.69) is 98.2 Å². The van der Waals surface area contributed by atoms with Crippen molar-refractivity contribution < 1.29 is 4.74 Å². The summed E-state index contributed by atoms with van der Waals surface area (Å²) in [5.74, 6) is 1.57. The predicted molar refractivity (Wildman–Crippen MR) is 181 cm³/mol. The third kappa shape index (κ3) is 8.12. The van der Waals surface area contributed by atoms with E-state index in [0.29, 0.717) is 5.92 Å². The van der Waals surface area contributed by atoms with Crippen molar-refractivity contribution in [1.29, 1.82) is 0 Å². The highest BCUT2D eigenvalue weighted by molar-refractivity contribution is 5.86. The van der Waals surface area contributed by atoms with Crippen molar-refractivity contribution in [3.8, 4) is 5.75 Å². The quantitative estimate of drug-likeness (QED) is 0.196. The zero-order chi connectivity index (χ0) is 26.7. The molecule has 0 radical (unpaired) electrons. The lowest BCUT2D eigenvalue weighted by Crippen LogP contribution is -2.52. The molecule has 0 bridgehead atoms. The van der Waals surface area contributed by atoms with Crippen LogP contribution in [0.15, 0.2) is 60.7 Å². The Morgan fingerprint density at radius 2 is 1.29 bits per heavy atom. The summed E-state index contributed by atoms with van der Waals surface area (Å²) in [4.78, 5) is 5.26. The summed E-state index contributed by atoms with van der Waals surface area (Å²) in [5.41, 5.74) is 14.9. The molecular weight excluding hydrogens is 573 g/mol. The third-order valence-corrected chi connectivity index (χ3v) is 8.98. The van der Waals surface area contributed by atoms with Crippen molar-refractivity contribution in [3.05, 3.63) is 94.0 Å². The minimum absolute atomic E-state index is 0. The highest BCUT2D eigenvalue weighted by Crippen LogP contribution is 2.44. The van der Waals surface area contributed by atoms with Crippen LogP contribution in [0, 0.1) is 20.8 Å². The van der Waals surface area contributed by atoms with Crippen LogP contribution >= 0.6 is 37.2 Å². The van der Waals surface area contributed by atoms with Crippen LogP contribution in [-0.4, -0.2) is 54.7 Å². The standard InChI is InChI=1S/C34H45N3O.3ClH/c1-25-26(2)33-31(27(3)32(25)35)23-34(4,38-33)24-37-21-19-36(20-22-37)18-12-11-17-30(28-13-7-5-8-14-28)29-15-9-6-10-16-29;;;/h5-10,13-16,30H,11-12,17-24,35H2,1-4H3;3*1H. The van der Waals surface area contributed by atoms with Gasteiger partial charge in [-0.05, 0) is 74.9 Å². The number of ether oxygens (including phenoxy) is 1. The molecule has 0 amide bonds. The van der Waals surface area contributed by atoms with E-state index in [4.69, 9.17) is 10.5 Å². The number of anilines is 1. The van der Waals surface area contributed by atoms with Crippen LogP contribution in [0.2, 0.25) is 0 Å². The van der Waals surface area contributed by atoms with Crippen LogP contribution in [0.25, 0.3) is 0 Å². The second-order valence-corrected chi connectivity index (χ2v) is 11.8. The lowest BCUT2D eigenvalue weighted by molar-refractivity contribution is 0.0376. The summed E-state index contributed by atoms with van der Waals surface area (Å²) in [6.07, 6.45) is 4.66. The van der Waals surface area contributed by atoms with Gasteiger partial charge in [0.2, 0.25) is 0 Å². The van der Waals surface area contributed by atoms with Gasteiger partial charge < -0.3 is 15.4 Å². The smallest absolute Gasteiger partial charge is 0.127 e. The number of nitrogens with two attached hydrogens (primary N) is 1. The van der Waals surface area contributed by atoms with Gasteiger partial charge in [-0.1, -0.05) is 67.1 Å². The largest absolute Gasteiger partial charge is 0.485 e.